The topological polar surface area (TPSA) is 52.2 Å². The second-order valence-electron chi connectivity index (χ2n) is 6.98. The minimum absolute atomic E-state index is 0.0296. The number of fused-ring (bicyclic) bond motifs is 5. The molecule has 27 heavy (non-hydrogen) atoms. The first kappa shape index (κ1) is 17.0. The van der Waals surface area contributed by atoms with Crippen molar-refractivity contribution in [2.24, 2.45) is 0 Å². The first-order chi connectivity index (χ1) is 13.2. The fourth-order valence-electron chi connectivity index (χ4n) is 3.84. The number of aryl methyl sites for hydroxylation is 3. The number of aromatic nitrogens is 4. The van der Waals surface area contributed by atoms with Gasteiger partial charge in [0.1, 0.15) is 4.83 Å². The molecule has 3 heterocycles. The van der Waals surface area contributed by atoms with Crippen molar-refractivity contribution in [3.63, 3.8) is 0 Å². The van der Waals surface area contributed by atoms with Gasteiger partial charge in [-0.1, -0.05) is 30.8 Å². The van der Waals surface area contributed by atoms with E-state index in [0.29, 0.717) is 5.78 Å². The van der Waals surface area contributed by atoms with Crippen LogP contribution in [0, 0.1) is 6.92 Å². The number of thiophene rings is 1. The lowest BCUT2D eigenvalue weighted by Gasteiger charge is -2.10. The summed E-state index contributed by atoms with van der Waals surface area (Å²) in [5, 5.41) is 10.6. The lowest BCUT2D eigenvalue weighted by Crippen LogP contribution is -2.22. The van der Waals surface area contributed by atoms with Crippen LogP contribution in [0.5, 0.6) is 0 Å². The van der Waals surface area contributed by atoms with E-state index in [1.807, 2.05) is 31.2 Å². The number of hydrogen-bond acceptors (Lipinski definition) is 5. The van der Waals surface area contributed by atoms with E-state index in [9.17, 15) is 4.79 Å². The molecule has 3 aromatic heterocycles. The van der Waals surface area contributed by atoms with Gasteiger partial charge in [-0.25, -0.2) is 8.97 Å². The molecular weight excluding hydrogens is 376 g/mol. The second kappa shape index (κ2) is 6.49. The molecule has 1 aliphatic carbocycles. The molecule has 0 saturated heterocycles. The molecule has 0 bridgehead atoms. The minimum Gasteiger partial charge on any atom is -0.268 e. The molecule has 0 fully saturated rings. The Kier molecular flexibility index (Phi) is 4.09. The van der Waals surface area contributed by atoms with Crippen molar-refractivity contribution in [3.05, 3.63) is 50.6 Å². The van der Waals surface area contributed by atoms with Gasteiger partial charge in [0, 0.05) is 10.6 Å². The van der Waals surface area contributed by atoms with Gasteiger partial charge in [-0.2, -0.15) is 0 Å². The summed E-state index contributed by atoms with van der Waals surface area (Å²) in [4.78, 5) is 15.9. The van der Waals surface area contributed by atoms with Crippen molar-refractivity contribution in [3.8, 4) is 5.69 Å². The highest BCUT2D eigenvalue weighted by Gasteiger charge is 2.26. The van der Waals surface area contributed by atoms with Crippen molar-refractivity contribution >= 4 is 39.1 Å². The van der Waals surface area contributed by atoms with E-state index in [-0.39, 0.29) is 5.56 Å². The van der Waals surface area contributed by atoms with Crippen LogP contribution in [0.4, 0.5) is 0 Å². The molecule has 5 rings (SSSR count). The molecule has 4 aromatic rings. The van der Waals surface area contributed by atoms with Crippen molar-refractivity contribution in [2.75, 3.05) is 5.75 Å². The molecule has 138 valence electrons. The van der Waals surface area contributed by atoms with E-state index >= 15 is 0 Å². The Balaban J connectivity index is 1.92. The fourth-order valence-corrected chi connectivity index (χ4v) is 6.07. The van der Waals surface area contributed by atoms with E-state index in [0.717, 1.165) is 58.1 Å². The molecule has 0 atom stereocenters. The minimum atomic E-state index is 0.0296. The second-order valence-corrected chi connectivity index (χ2v) is 9.13. The van der Waals surface area contributed by atoms with Gasteiger partial charge < -0.3 is 0 Å². The van der Waals surface area contributed by atoms with E-state index in [1.165, 1.54) is 10.4 Å². The van der Waals surface area contributed by atoms with E-state index in [1.54, 1.807) is 27.7 Å². The van der Waals surface area contributed by atoms with Crippen molar-refractivity contribution in [2.45, 2.75) is 44.7 Å². The van der Waals surface area contributed by atoms with Crippen molar-refractivity contribution in [1.82, 2.24) is 19.2 Å². The van der Waals surface area contributed by atoms with Crippen LogP contribution < -0.4 is 5.56 Å². The summed E-state index contributed by atoms with van der Waals surface area (Å²) < 4.78 is 3.84. The molecule has 0 N–H and O–H groups in total. The lowest BCUT2D eigenvalue weighted by molar-refractivity contribution is 0.909. The number of rotatable bonds is 4. The Labute approximate surface area is 165 Å². The SMILES string of the molecule is CCCSc1nnc2n(-c3cccc(C)c3)c(=O)c3c4c(sc3n12)CCC4. The van der Waals surface area contributed by atoms with Crippen LogP contribution in [0.2, 0.25) is 0 Å². The van der Waals surface area contributed by atoms with Crippen LogP contribution in [-0.2, 0) is 12.8 Å². The van der Waals surface area contributed by atoms with Crippen LogP contribution >= 0.6 is 23.1 Å². The highest BCUT2D eigenvalue weighted by atomic mass is 32.2. The summed E-state index contributed by atoms with van der Waals surface area (Å²) in [6.45, 7) is 4.20. The summed E-state index contributed by atoms with van der Waals surface area (Å²) in [7, 11) is 0. The summed E-state index contributed by atoms with van der Waals surface area (Å²) in [5.74, 6) is 1.59. The number of nitrogens with zero attached hydrogens (tertiary/aromatic N) is 4. The van der Waals surface area contributed by atoms with Crippen LogP contribution in [0.3, 0.4) is 0 Å². The molecule has 5 nitrogen and oxygen atoms in total. The van der Waals surface area contributed by atoms with Gasteiger partial charge in [-0.3, -0.25) is 4.79 Å². The van der Waals surface area contributed by atoms with Gasteiger partial charge in [0.25, 0.3) is 5.56 Å². The molecule has 1 aliphatic rings. The van der Waals surface area contributed by atoms with Gasteiger partial charge in [0.05, 0.1) is 11.1 Å². The predicted octanol–water partition coefficient (Wildman–Crippen LogP) is 4.39. The summed E-state index contributed by atoms with van der Waals surface area (Å²) in [6.07, 6.45) is 4.27. The van der Waals surface area contributed by atoms with E-state index < -0.39 is 0 Å². The lowest BCUT2D eigenvalue weighted by atomic mass is 10.2. The smallest absolute Gasteiger partial charge is 0.268 e. The van der Waals surface area contributed by atoms with Gasteiger partial charge in [0.15, 0.2) is 5.16 Å². The Morgan fingerprint density at radius 2 is 2.15 bits per heavy atom. The first-order valence-corrected chi connectivity index (χ1v) is 11.1. The van der Waals surface area contributed by atoms with E-state index in [4.69, 9.17) is 0 Å². The van der Waals surface area contributed by atoms with Crippen LogP contribution in [0.15, 0.2) is 34.2 Å². The maximum atomic E-state index is 13.6. The van der Waals surface area contributed by atoms with Gasteiger partial charge in [-0.05, 0) is 55.9 Å². The Morgan fingerprint density at radius 3 is 2.96 bits per heavy atom. The van der Waals surface area contributed by atoms with E-state index in [2.05, 4.69) is 21.5 Å². The molecular formula is C20H20N4OS2. The Bertz CT molecular complexity index is 1230. The third kappa shape index (κ3) is 2.56. The van der Waals surface area contributed by atoms with Crippen molar-refractivity contribution in [1.29, 1.82) is 0 Å². The van der Waals surface area contributed by atoms with Gasteiger partial charge >= 0.3 is 0 Å². The molecule has 7 heteroatoms. The Morgan fingerprint density at radius 1 is 1.26 bits per heavy atom. The number of thioether (sulfide) groups is 1. The standard InChI is InChI=1S/C20H20N4OS2/c1-3-10-26-20-22-21-19-23(13-7-4-6-12(2)11-13)17(25)16-14-8-5-9-15(14)27-18(16)24(19)20/h4,6-7,11H,3,5,8-10H2,1-2H3. The molecule has 0 spiro atoms. The molecule has 0 saturated carbocycles. The normalized spacial score (nSPS) is 13.7. The maximum Gasteiger partial charge on any atom is 0.268 e. The molecule has 1 aromatic carbocycles. The predicted molar refractivity (Wildman–Crippen MR) is 112 cm³/mol. The van der Waals surface area contributed by atoms with Crippen LogP contribution in [0.1, 0.15) is 35.8 Å². The molecule has 0 amide bonds. The third-order valence-corrected chi connectivity index (χ3v) is 7.45. The molecule has 0 radical (unpaired) electrons. The zero-order valence-corrected chi connectivity index (χ0v) is 17.0. The average Bonchev–Trinajstić information content (AvgIpc) is 3.33. The first-order valence-electron chi connectivity index (χ1n) is 9.33. The van der Waals surface area contributed by atoms with Crippen LogP contribution in [0.25, 0.3) is 21.7 Å². The summed E-state index contributed by atoms with van der Waals surface area (Å²) in [5.41, 5.74) is 3.24. The molecule has 0 unspecified atom stereocenters. The highest BCUT2D eigenvalue weighted by Crippen LogP contribution is 2.37. The monoisotopic (exact) mass is 396 g/mol. The third-order valence-electron chi connectivity index (χ3n) is 5.03. The fraction of sp³-hybridized carbons (Fsp3) is 0.350. The maximum absolute atomic E-state index is 13.6. The van der Waals surface area contributed by atoms with Gasteiger partial charge in [-0.15, -0.1) is 21.5 Å². The number of benzene rings is 1. The number of hydrogen-bond donors (Lipinski definition) is 0. The Hall–Kier alpha value is -2.12. The summed E-state index contributed by atoms with van der Waals surface area (Å²) in [6, 6.07) is 8.03. The summed E-state index contributed by atoms with van der Waals surface area (Å²) >= 11 is 3.45. The highest BCUT2D eigenvalue weighted by molar-refractivity contribution is 7.99. The zero-order chi connectivity index (χ0) is 18.5. The van der Waals surface area contributed by atoms with Gasteiger partial charge in [0.2, 0.25) is 5.78 Å². The quantitative estimate of drug-likeness (QED) is 0.480. The average molecular weight is 397 g/mol. The largest absolute Gasteiger partial charge is 0.268 e. The van der Waals surface area contributed by atoms with Crippen LogP contribution in [-0.4, -0.2) is 24.9 Å². The zero-order valence-electron chi connectivity index (χ0n) is 15.4. The van der Waals surface area contributed by atoms with Crippen molar-refractivity contribution < 1.29 is 0 Å². The molecule has 0 aliphatic heterocycles.